The van der Waals surface area contributed by atoms with Crippen molar-refractivity contribution < 1.29 is 4.74 Å². The Kier molecular flexibility index (Phi) is 5.73. The molecule has 3 nitrogen and oxygen atoms in total. The van der Waals surface area contributed by atoms with E-state index in [1.807, 2.05) is 6.07 Å². The van der Waals surface area contributed by atoms with Crippen molar-refractivity contribution in [3.8, 4) is 5.75 Å². The van der Waals surface area contributed by atoms with Crippen molar-refractivity contribution in [1.82, 2.24) is 10.2 Å². The van der Waals surface area contributed by atoms with E-state index in [9.17, 15) is 0 Å². The van der Waals surface area contributed by atoms with E-state index < -0.39 is 0 Å². The van der Waals surface area contributed by atoms with Crippen molar-refractivity contribution in [3.63, 3.8) is 0 Å². The zero-order chi connectivity index (χ0) is 13.2. The summed E-state index contributed by atoms with van der Waals surface area (Å²) in [5.41, 5.74) is 1.36. The molecule has 0 radical (unpaired) electrons. The molecule has 0 bridgehead atoms. The first kappa shape index (κ1) is 16.1. The minimum absolute atomic E-state index is 0. The Morgan fingerprint density at radius 2 is 2.25 bits per heavy atom. The summed E-state index contributed by atoms with van der Waals surface area (Å²) >= 11 is 3.56. The summed E-state index contributed by atoms with van der Waals surface area (Å²) in [7, 11) is 1.71. The van der Waals surface area contributed by atoms with Crippen LogP contribution in [0.5, 0.6) is 5.75 Å². The van der Waals surface area contributed by atoms with E-state index in [2.05, 4.69) is 38.3 Å². The SMILES string of the molecule is COc1ccc(CN2CCC3NCCC3C2)cc1Br.Cl. The lowest BCUT2D eigenvalue weighted by molar-refractivity contribution is 0.156. The Balaban J connectivity index is 0.00000147. The van der Waals surface area contributed by atoms with Crippen LogP contribution < -0.4 is 10.1 Å². The quantitative estimate of drug-likeness (QED) is 0.895. The molecule has 5 heteroatoms. The van der Waals surface area contributed by atoms with E-state index in [-0.39, 0.29) is 12.4 Å². The van der Waals surface area contributed by atoms with Crippen molar-refractivity contribution in [2.45, 2.75) is 25.4 Å². The first-order chi connectivity index (χ1) is 9.26. The normalized spacial score (nSPS) is 25.9. The molecule has 2 heterocycles. The molecule has 2 atom stereocenters. The van der Waals surface area contributed by atoms with E-state index in [0.29, 0.717) is 0 Å². The first-order valence-corrected chi connectivity index (χ1v) is 7.83. The van der Waals surface area contributed by atoms with Crippen LogP contribution in [0.15, 0.2) is 22.7 Å². The summed E-state index contributed by atoms with van der Waals surface area (Å²) in [4.78, 5) is 2.59. The third-order valence-corrected chi connectivity index (χ3v) is 4.98. The van der Waals surface area contributed by atoms with Gasteiger partial charge in [-0.25, -0.2) is 0 Å². The van der Waals surface area contributed by atoms with Gasteiger partial charge >= 0.3 is 0 Å². The summed E-state index contributed by atoms with van der Waals surface area (Å²) in [5, 5.41) is 3.62. The van der Waals surface area contributed by atoms with E-state index in [4.69, 9.17) is 4.74 Å². The summed E-state index contributed by atoms with van der Waals surface area (Å²) in [6, 6.07) is 7.17. The minimum Gasteiger partial charge on any atom is -0.496 e. The molecule has 0 aromatic heterocycles. The number of fused-ring (bicyclic) bond motifs is 1. The van der Waals surface area contributed by atoms with E-state index in [0.717, 1.165) is 28.7 Å². The van der Waals surface area contributed by atoms with Gasteiger partial charge in [0.05, 0.1) is 11.6 Å². The zero-order valence-corrected chi connectivity index (χ0v) is 14.2. The second kappa shape index (κ2) is 7.12. The zero-order valence-electron chi connectivity index (χ0n) is 11.8. The number of hydrogen-bond donors (Lipinski definition) is 1. The number of nitrogens with one attached hydrogen (secondary N) is 1. The van der Waals surface area contributed by atoms with Crippen LogP contribution in [0, 0.1) is 5.92 Å². The maximum Gasteiger partial charge on any atom is 0.133 e. The average Bonchev–Trinajstić information content (AvgIpc) is 2.86. The number of hydrogen-bond acceptors (Lipinski definition) is 3. The van der Waals surface area contributed by atoms with Crippen molar-refractivity contribution in [3.05, 3.63) is 28.2 Å². The molecule has 2 fully saturated rings. The van der Waals surface area contributed by atoms with Gasteiger partial charge in [-0.05, 0) is 65.5 Å². The molecule has 3 rings (SSSR count). The van der Waals surface area contributed by atoms with Crippen molar-refractivity contribution in [2.24, 2.45) is 5.92 Å². The fourth-order valence-corrected chi connectivity index (χ4v) is 3.92. The highest BCUT2D eigenvalue weighted by atomic mass is 79.9. The molecule has 1 N–H and O–H groups in total. The van der Waals surface area contributed by atoms with E-state index in [1.54, 1.807) is 7.11 Å². The minimum atomic E-state index is 0. The maximum absolute atomic E-state index is 5.28. The van der Waals surface area contributed by atoms with Crippen LogP contribution in [0.25, 0.3) is 0 Å². The smallest absolute Gasteiger partial charge is 0.133 e. The molecule has 2 unspecified atom stereocenters. The highest BCUT2D eigenvalue weighted by molar-refractivity contribution is 9.10. The molecule has 2 aliphatic heterocycles. The van der Waals surface area contributed by atoms with Crippen LogP contribution in [0.3, 0.4) is 0 Å². The maximum atomic E-state index is 5.28. The van der Waals surface area contributed by atoms with Crippen molar-refractivity contribution in [1.29, 1.82) is 0 Å². The number of likely N-dealkylation sites (tertiary alicyclic amines) is 1. The molecule has 20 heavy (non-hydrogen) atoms. The molecule has 0 saturated carbocycles. The highest BCUT2D eigenvalue weighted by Gasteiger charge is 2.32. The van der Waals surface area contributed by atoms with Crippen molar-refractivity contribution in [2.75, 3.05) is 26.7 Å². The topological polar surface area (TPSA) is 24.5 Å². The number of piperidine rings is 1. The van der Waals surface area contributed by atoms with Crippen LogP contribution >= 0.6 is 28.3 Å². The van der Waals surface area contributed by atoms with Crippen LogP contribution in [-0.2, 0) is 6.54 Å². The third kappa shape index (κ3) is 3.48. The number of halogens is 2. The summed E-state index contributed by atoms with van der Waals surface area (Å²) in [5.74, 6) is 1.76. The number of nitrogens with zero attached hydrogens (tertiary/aromatic N) is 1. The first-order valence-electron chi connectivity index (χ1n) is 7.04. The highest BCUT2D eigenvalue weighted by Crippen LogP contribution is 2.28. The molecule has 2 saturated heterocycles. The van der Waals surface area contributed by atoms with Crippen LogP contribution in [-0.4, -0.2) is 37.7 Å². The fourth-order valence-electron chi connectivity index (χ4n) is 3.33. The number of rotatable bonds is 3. The summed E-state index contributed by atoms with van der Waals surface area (Å²) in [6.45, 7) is 4.70. The Morgan fingerprint density at radius 3 is 3.00 bits per heavy atom. The van der Waals surface area contributed by atoms with E-state index >= 15 is 0 Å². The van der Waals surface area contributed by atoms with Gasteiger partial charge in [0, 0.05) is 19.1 Å². The monoisotopic (exact) mass is 360 g/mol. The van der Waals surface area contributed by atoms with Gasteiger partial charge in [-0.1, -0.05) is 6.07 Å². The Morgan fingerprint density at radius 1 is 1.40 bits per heavy atom. The van der Waals surface area contributed by atoms with Gasteiger partial charge in [0.15, 0.2) is 0 Å². The van der Waals surface area contributed by atoms with E-state index in [1.165, 1.54) is 38.0 Å². The van der Waals surface area contributed by atoms with Gasteiger partial charge in [0.25, 0.3) is 0 Å². The molecule has 1 aromatic carbocycles. The van der Waals surface area contributed by atoms with Gasteiger partial charge in [-0.2, -0.15) is 0 Å². The third-order valence-electron chi connectivity index (χ3n) is 4.36. The van der Waals surface area contributed by atoms with Crippen LogP contribution in [0.4, 0.5) is 0 Å². The molecule has 0 aliphatic carbocycles. The van der Waals surface area contributed by atoms with Gasteiger partial charge < -0.3 is 10.1 Å². The number of benzene rings is 1. The van der Waals surface area contributed by atoms with Crippen LogP contribution in [0.1, 0.15) is 18.4 Å². The lowest BCUT2D eigenvalue weighted by Crippen LogP contribution is -2.43. The predicted molar refractivity (Wildman–Crippen MR) is 87.7 cm³/mol. The largest absolute Gasteiger partial charge is 0.496 e. The second-order valence-electron chi connectivity index (χ2n) is 5.60. The standard InChI is InChI=1S/C15H21BrN2O.ClH/c1-19-15-3-2-11(8-13(15)16)9-18-7-5-14-12(10-18)4-6-17-14;/h2-3,8,12,14,17H,4-7,9-10H2,1H3;1H. The predicted octanol–water partition coefficient (Wildman–Crippen LogP) is 3.06. The van der Waals surface area contributed by atoms with Crippen LogP contribution in [0.2, 0.25) is 0 Å². The van der Waals surface area contributed by atoms with Crippen molar-refractivity contribution >= 4 is 28.3 Å². The number of ether oxygens (including phenoxy) is 1. The Labute approximate surface area is 135 Å². The molecular weight excluding hydrogens is 340 g/mol. The molecular formula is C15H22BrClN2O. The molecule has 0 amide bonds. The van der Waals surface area contributed by atoms with Gasteiger partial charge in [0.2, 0.25) is 0 Å². The molecule has 2 aliphatic rings. The molecule has 112 valence electrons. The average molecular weight is 362 g/mol. The van der Waals surface area contributed by atoms with Gasteiger partial charge in [0.1, 0.15) is 5.75 Å². The fraction of sp³-hybridized carbons (Fsp3) is 0.600. The van der Waals surface area contributed by atoms with Gasteiger partial charge in [-0.15, -0.1) is 12.4 Å². The number of methoxy groups -OCH3 is 1. The second-order valence-corrected chi connectivity index (χ2v) is 6.46. The Bertz CT molecular complexity index is 457. The van der Waals surface area contributed by atoms with Gasteiger partial charge in [-0.3, -0.25) is 4.90 Å². The lowest BCUT2D eigenvalue weighted by atomic mass is 9.93. The summed E-state index contributed by atoms with van der Waals surface area (Å²) in [6.07, 6.45) is 2.63. The Hall–Kier alpha value is -0.290. The molecule has 1 aromatic rings. The molecule has 0 spiro atoms. The summed E-state index contributed by atoms with van der Waals surface area (Å²) < 4.78 is 6.32. The lowest BCUT2D eigenvalue weighted by Gasteiger charge is -2.34.